The van der Waals surface area contributed by atoms with Crippen LogP contribution in [-0.4, -0.2) is 32.0 Å². The van der Waals surface area contributed by atoms with Crippen LogP contribution in [0.5, 0.6) is 0 Å². The third-order valence-corrected chi connectivity index (χ3v) is 2.24. The fraction of sp³-hybridized carbons (Fsp3) is 1.00. The van der Waals surface area contributed by atoms with Crippen LogP contribution >= 0.6 is 0 Å². The molecule has 0 aromatic carbocycles. The van der Waals surface area contributed by atoms with Crippen LogP contribution in [0.25, 0.3) is 0 Å². The summed E-state index contributed by atoms with van der Waals surface area (Å²) >= 11 is 0. The summed E-state index contributed by atoms with van der Waals surface area (Å²) in [5.41, 5.74) is 0. The van der Waals surface area contributed by atoms with Crippen LogP contribution in [0.1, 0.15) is 39.5 Å². The maximum atomic E-state index is 11.7. The fourth-order valence-electron chi connectivity index (χ4n) is 1.61. The zero-order valence-electron chi connectivity index (χ0n) is 10.1. The first-order chi connectivity index (χ1) is 7.49. The number of rotatable bonds is 9. The Balaban J connectivity index is 3.46. The van der Waals surface area contributed by atoms with Crippen molar-refractivity contribution in [2.45, 2.75) is 51.7 Å². The number of nitrogens with one attached hydrogen (secondary N) is 1. The minimum Gasteiger partial charge on any atom is -0.372 e. The van der Waals surface area contributed by atoms with Crippen molar-refractivity contribution in [3.63, 3.8) is 0 Å². The Labute approximate surface area is 95.5 Å². The number of hydrogen-bond acceptors (Lipinski definition) is 2. The highest BCUT2D eigenvalue weighted by Crippen LogP contribution is 2.14. The molecule has 0 radical (unpaired) electrons. The zero-order valence-corrected chi connectivity index (χ0v) is 10.1. The van der Waals surface area contributed by atoms with Crippen LogP contribution in [0.15, 0.2) is 0 Å². The summed E-state index contributed by atoms with van der Waals surface area (Å²) in [6.45, 7) is 4.08. The van der Waals surface area contributed by atoms with Gasteiger partial charge in [0.05, 0.1) is 0 Å². The van der Waals surface area contributed by atoms with Gasteiger partial charge in [0.15, 0.2) is 0 Å². The predicted molar refractivity (Wildman–Crippen MR) is 58.5 cm³/mol. The Bertz CT molecular complexity index is 156. The summed E-state index contributed by atoms with van der Waals surface area (Å²) in [5, 5.41) is 3.31. The van der Waals surface area contributed by atoms with Gasteiger partial charge in [-0.2, -0.15) is 13.2 Å². The van der Waals surface area contributed by atoms with Crippen LogP contribution in [0.4, 0.5) is 13.2 Å². The Morgan fingerprint density at radius 3 is 2.38 bits per heavy atom. The van der Waals surface area contributed by atoms with E-state index in [2.05, 4.69) is 17.0 Å². The second-order valence-corrected chi connectivity index (χ2v) is 3.85. The summed E-state index contributed by atoms with van der Waals surface area (Å²) < 4.78 is 39.8. The molecule has 16 heavy (non-hydrogen) atoms. The summed E-state index contributed by atoms with van der Waals surface area (Å²) in [7, 11) is 0. The van der Waals surface area contributed by atoms with E-state index >= 15 is 0 Å². The van der Waals surface area contributed by atoms with Gasteiger partial charge >= 0.3 is 6.18 Å². The molecule has 0 bridgehead atoms. The molecule has 0 amide bonds. The average Bonchev–Trinajstić information content (AvgIpc) is 2.16. The van der Waals surface area contributed by atoms with Crippen LogP contribution in [0.3, 0.4) is 0 Å². The lowest BCUT2D eigenvalue weighted by molar-refractivity contribution is -0.174. The van der Waals surface area contributed by atoms with Crippen molar-refractivity contribution in [3.05, 3.63) is 0 Å². The lowest BCUT2D eigenvalue weighted by Crippen LogP contribution is -2.29. The zero-order chi connectivity index (χ0) is 12.4. The van der Waals surface area contributed by atoms with Gasteiger partial charge in [0.25, 0.3) is 0 Å². The van der Waals surface area contributed by atoms with E-state index in [9.17, 15) is 13.2 Å². The third-order valence-electron chi connectivity index (χ3n) is 2.24. The van der Waals surface area contributed by atoms with Crippen molar-refractivity contribution < 1.29 is 17.9 Å². The summed E-state index contributed by atoms with van der Waals surface area (Å²) in [6.07, 6.45) is -0.508. The Morgan fingerprint density at radius 1 is 1.19 bits per heavy atom. The van der Waals surface area contributed by atoms with E-state index in [0.29, 0.717) is 12.5 Å². The van der Waals surface area contributed by atoms with E-state index in [1.54, 1.807) is 0 Å². The van der Waals surface area contributed by atoms with Crippen LogP contribution in [0, 0.1) is 0 Å². The van der Waals surface area contributed by atoms with Crippen molar-refractivity contribution >= 4 is 0 Å². The molecule has 1 unspecified atom stereocenters. The lowest BCUT2D eigenvalue weighted by atomic mass is 10.1. The molecule has 5 heteroatoms. The molecule has 0 spiro atoms. The molecular formula is C11H22F3NO. The number of halogens is 3. The van der Waals surface area contributed by atoms with Gasteiger partial charge in [0.2, 0.25) is 0 Å². The first-order valence-electron chi connectivity index (χ1n) is 5.87. The van der Waals surface area contributed by atoms with Gasteiger partial charge in [-0.3, -0.25) is 0 Å². The average molecular weight is 241 g/mol. The third kappa shape index (κ3) is 10.2. The number of alkyl halides is 3. The molecule has 0 rings (SSSR count). The van der Waals surface area contributed by atoms with E-state index in [0.717, 1.165) is 25.8 Å². The molecule has 0 fully saturated rings. The monoisotopic (exact) mass is 241 g/mol. The highest BCUT2D eigenvalue weighted by molar-refractivity contribution is 4.65. The fourth-order valence-corrected chi connectivity index (χ4v) is 1.61. The predicted octanol–water partition coefficient (Wildman–Crippen LogP) is 3.12. The first-order valence-corrected chi connectivity index (χ1v) is 5.87. The second kappa shape index (κ2) is 8.82. The van der Waals surface area contributed by atoms with Gasteiger partial charge in [-0.25, -0.2) is 0 Å². The normalized spacial score (nSPS) is 14.1. The van der Waals surface area contributed by atoms with Gasteiger partial charge in [-0.05, 0) is 25.8 Å². The second-order valence-electron chi connectivity index (χ2n) is 3.85. The molecule has 0 aliphatic rings. The van der Waals surface area contributed by atoms with Crippen molar-refractivity contribution in [3.8, 4) is 0 Å². The highest BCUT2D eigenvalue weighted by Gasteiger charge is 2.27. The van der Waals surface area contributed by atoms with Gasteiger partial charge < -0.3 is 10.1 Å². The van der Waals surface area contributed by atoms with Crippen molar-refractivity contribution in [1.82, 2.24) is 5.32 Å². The van der Waals surface area contributed by atoms with E-state index in [1.807, 2.05) is 6.92 Å². The quantitative estimate of drug-likeness (QED) is 0.626. The Morgan fingerprint density at radius 2 is 1.88 bits per heavy atom. The van der Waals surface area contributed by atoms with Crippen molar-refractivity contribution in [2.24, 2.45) is 0 Å². The van der Waals surface area contributed by atoms with Crippen LogP contribution in [-0.2, 0) is 4.74 Å². The summed E-state index contributed by atoms with van der Waals surface area (Å²) in [5.74, 6) is 0. The molecular weight excluding hydrogens is 219 g/mol. The Kier molecular flexibility index (Phi) is 8.66. The molecule has 0 saturated carbocycles. The van der Waals surface area contributed by atoms with E-state index < -0.39 is 12.8 Å². The first kappa shape index (κ1) is 15.7. The molecule has 0 aromatic rings. The number of hydrogen-bond donors (Lipinski definition) is 1. The van der Waals surface area contributed by atoms with Gasteiger partial charge in [-0.15, -0.1) is 0 Å². The molecule has 1 N–H and O–H groups in total. The molecule has 0 aliphatic heterocycles. The minimum atomic E-state index is -4.20. The van der Waals surface area contributed by atoms with Crippen molar-refractivity contribution in [2.75, 3.05) is 19.8 Å². The van der Waals surface area contributed by atoms with Gasteiger partial charge in [0, 0.05) is 12.6 Å². The standard InChI is InChI=1S/C11H22F3NO/c1-3-6-10(15-4-2)7-5-8-16-9-11(12,13)14/h10,15H,3-9H2,1-2H3. The molecule has 98 valence electrons. The molecule has 1 atom stereocenters. The van der Waals surface area contributed by atoms with Crippen molar-refractivity contribution in [1.29, 1.82) is 0 Å². The molecule has 0 aliphatic carbocycles. The minimum absolute atomic E-state index is 0.186. The smallest absolute Gasteiger partial charge is 0.372 e. The topological polar surface area (TPSA) is 21.3 Å². The highest BCUT2D eigenvalue weighted by atomic mass is 19.4. The molecule has 0 saturated heterocycles. The number of ether oxygens (including phenoxy) is 1. The molecule has 0 aromatic heterocycles. The van der Waals surface area contributed by atoms with E-state index in [1.165, 1.54) is 0 Å². The lowest BCUT2D eigenvalue weighted by Gasteiger charge is -2.16. The summed E-state index contributed by atoms with van der Waals surface area (Å²) in [4.78, 5) is 0. The van der Waals surface area contributed by atoms with E-state index in [4.69, 9.17) is 0 Å². The largest absolute Gasteiger partial charge is 0.411 e. The van der Waals surface area contributed by atoms with Gasteiger partial charge in [0.1, 0.15) is 6.61 Å². The summed E-state index contributed by atoms with van der Waals surface area (Å²) in [6, 6.07) is 0.407. The Hall–Kier alpha value is -0.290. The van der Waals surface area contributed by atoms with E-state index in [-0.39, 0.29) is 6.61 Å². The molecule has 0 heterocycles. The maximum absolute atomic E-state index is 11.7. The maximum Gasteiger partial charge on any atom is 0.411 e. The van der Waals surface area contributed by atoms with Crippen LogP contribution in [0.2, 0.25) is 0 Å². The SMILES string of the molecule is CCCC(CCCOCC(F)(F)F)NCC. The van der Waals surface area contributed by atoms with Crippen LogP contribution < -0.4 is 5.32 Å². The van der Waals surface area contributed by atoms with Gasteiger partial charge in [-0.1, -0.05) is 20.3 Å². The molecule has 2 nitrogen and oxygen atoms in total.